The molecule has 0 spiro atoms. The Labute approximate surface area is 92.7 Å². The van der Waals surface area contributed by atoms with Gasteiger partial charge in [-0.1, -0.05) is 18.2 Å². The van der Waals surface area contributed by atoms with Crippen molar-refractivity contribution in [2.45, 2.75) is 11.4 Å². The quantitative estimate of drug-likeness (QED) is 0.804. The first-order valence-corrected chi connectivity index (χ1v) is 5.72. The third-order valence-electron chi connectivity index (χ3n) is 1.95. The van der Waals surface area contributed by atoms with Crippen LogP contribution >= 0.6 is 11.8 Å². The number of benzene rings is 1. The molecule has 0 aliphatic rings. The number of aromatic nitrogens is 2. The van der Waals surface area contributed by atoms with Crippen LogP contribution in [0.1, 0.15) is 0 Å². The summed E-state index contributed by atoms with van der Waals surface area (Å²) < 4.78 is 1.74. The zero-order valence-corrected chi connectivity index (χ0v) is 9.02. The molecule has 0 radical (unpaired) electrons. The fraction of sp³-hybridized carbons (Fsp3) is 0.182. The molecular formula is C11H12N2OS. The molecule has 0 atom stereocenters. The Balaban J connectivity index is 1.80. The molecule has 4 heteroatoms. The predicted molar refractivity (Wildman–Crippen MR) is 61.1 cm³/mol. The van der Waals surface area contributed by atoms with Gasteiger partial charge in [0.1, 0.15) is 0 Å². The highest BCUT2D eigenvalue weighted by atomic mass is 32.2. The van der Waals surface area contributed by atoms with Crippen LogP contribution in [0.2, 0.25) is 0 Å². The molecule has 0 amide bonds. The van der Waals surface area contributed by atoms with Gasteiger partial charge in [-0.2, -0.15) is 5.10 Å². The Hall–Kier alpha value is -1.42. The SMILES string of the molecule is Oc1cnn(CCSc2ccccc2)c1. The van der Waals surface area contributed by atoms with E-state index in [0.29, 0.717) is 0 Å². The Morgan fingerprint density at radius 3 is 2.73 bits per heavy atom. The maximum absolute atomic E-state index is 9.08. The van der Waals surface area contributed by atoms with Crippen LogP contribution in [0.5, 0.6) is 5.75 Å². The zero-order valence-electron chi connectivity index (χ0n) is 8.21. The highest BCUT2D eigenvalue weighted by Crippen LogP contribution is 2.17. The highest BCUT2D eigenvalue weighted by Gasteiger charge is 1.96. The fourth-order valence-corrected chi connectivity index (χ4v) is 2.11. The van der Waals surface area contributed by atoms with Crippen molar-refractivity contribution in [3.05, 3.63) is 42.7 Å². The topological polar surface area (TPSA) is 38.1 Å². The van der Waals surface area contributed by atoms with Crippen molar-refractivity contribution in [2.75, 3.05) is 5.75 Å². The van der Waals surface area contributed by atoms with Gasteiger partial charge in [0.25, 0.3) is 0 Å². The van der Waals surface area contributed by atoms with Gasteiger partial charge in [-0.3, -0.25) is 4.68 Å². The molecule has 1 heterocycles. The summed E-state index contributed by atoms with van der Waals surface area (Å²) in [5.74, 6) is 1.17. The second-order valence-corrected chi connectivity index (χ2v) is 4.29. The summed E-state index contributed by atoms with van der Waals surface area (Å²) in [6.07, 6.45) is 3.08. The molecule has 1 aromatic heterocycles. The van der Waals surface area contributed by atoms with E-state index in [9.17, 15) is 0 Å². The van der Waals surface area contributed by atoms with Crippen LogP contribution in [-0.2, 0) is 6.54 Å². The lowest BCUT2D eigenvalue weighted by atomic mass is 10.4. The maximum Gasteiger partial charge on any atom is 0.153 e. The molecule has 2 aromatic rings. The summed E-state index contributed by atoms with van der Waals surface area (Å²) >= 11 is 1.78. The first-order chi connectivity index (χ1) is 7.34. The minimum Gasteiger partial charge on any atom is -0.505 e. The molecular weight excluding hydrogens is 208 g/mol. The predicted octanol–water partition coefficient (Wildman–Crippen LogP) is 2.38. The Bertz CT molecular complexity index is 414. The summed E-state index contributed by atoms with van der Waals surface area (Å²) in [6.45, 7) is 0.806. The number of aromatic hydroxyl groups is 1. The summed E-state index contributed by atoms with van der Waals surface area (Å²) in [7, 11) is 0. The molecule has 0 unspecified atom stereocenters. The molecule has 78 valence electrons. The number of nitrogens with zero attached hydrogens (tertiary/aromatic N) is 2. The van der Waals surface area contributed by atoms with Crippen molar-refractivity contribution in [3.8, 4) is 5.75 Å². The van der Waals surface area contributed by atoms with E-state index in [1.54, 1.807) is 22.6 Å². The number of thioether (sulfide) groups is 1. The molecule has 3 nitrogen and oxygen atoms in total. The minimum atomic E-state index is 0.222. The van der Waals surface area contributed by atoms with Crippen LogP contribution < -0.4 is 0 Å². The van der Waals surface area contributed by atoms with Gasteiger partial charge in [0.15, 0.2) is 5.75 Å². The van der Waals surface area contributed by atoms with Crippen LogP contribution in [-0.4, -0.2) is 20.6 Å². The number of rotatable bonds is 4. The van der Waals surface area contributed by atoms with Gasteiger partial charge in [-0.15, -0.1) is 11.8 Å². The Morgan fingerprint density at radius 2 is 2.07 bits per heavy atom. The Kier molecular flexibility index (Phi) is 3.29. The summed E-state index contributed by atoms with van der Waals surface area (Å²) in [5.41, 5.74) is 0. The van der Waals surface area contributed by atoms with Gasteiger partial charge in [0, 0.05) is 10.6 Å². The normalized spacial score (nSPS) is 10.4. The van der Waals surface area contributed by atoms with Gasteiger partial charge < -0.3 is 5.11 Å². The third-order valence-corrected chi connectivity index (χ3v) is 2.94. The average molecular weight is 220 g/mol. The largest absolute Gasteiger partial charge is 0.505 e. The Morgan fingerprint density at radius 1 is 1.27 bits per heavy atom. The minimum absolute atomic E-state index is 0.222. The van der Waals surface area contributed by atoms with E-state index in [1.807, 2.05) is 18.2 Å². The highest BCUT2D eigenvalue weighted by molar-refractivity contribution is 7.99. The lowest BCUT2D eigenvalue weighted by molar-refractivity contribution is 0.474. The second-order valence-electron chi connectivity index (χ2n) is 3.12. The van der Waals surface area contributed by atoms with Crippen molar-refractivity contribution in [1.82, 2.24) is 9.78 Å². The summed E-state index contributed by atoms with van der Waals surface area (Å²) in [5, 5.41) is 13.1. The smallest absolute Gasteiger partial charge is 0.153 e. The fourth-order valence-electron chi connectivity index (χ4n) is 1.25. The monoisotopic (exact) mass is 220 g/mol. The average Bonchev–Trinajstić information content (AvgIpc) is 2.66. The van der Waals surface area contributed by atoms with E-state index in [0.717, 1.165) is 12.3 Å². The van der Waals surface area contributed by atoms with Gasteiger partial charge in [-0.25, -0.2) is 0 Å². The van der Waals surface area contributed by atoms with Gasteiger partial charge >= 0.3 is 0 Å². The molecule has 1 aromatic carbocycles. The third kappa shape index (κ3) is 3.02. The van der Waals surface area contributed by atoms with Crippen molar-refractivity contribution in [1.29, 1.82) is 0 Å². The molecule has 1 N–H and O–H groups in total. The van der Waals surface area contributed by atoms with Crippen LogP contribution in [0.3, 0.4) is 0 Å². The van der Waals surface area contributed by atoms with Crippen LogP contribution in [0.4, 0.5) is 0 Å². The van der Waals surface area contributed by atoms with E-state index in [-0.39, 0.29) is 5.75 Å². The molecule has 0 saturated heterocycles. The van der Waals surface area contributed by atoms with Crippen LogP contribution in [0.25, 0.3) is 0 Å². The number of hydrogen-bond donors (Lipinski definition) is 1. The van der Waals surface area contributed by atoms with E-state index >= 15 is 0 Å². The molecule has 0 bridgehead atoms. The van der Waals surface area contributed by atoms with Crippen LogP contribution in [0, 0.1) is 0 Å². The number of aryl methyl sites for hydroxylation is 1. The van der Waals surface area contributed by atoms with Gasteiger partial charge in [0.2, 0.25) is 0 Å². The van der Waals surface area contributed by atoms with Crippen molar-refractivity contribution >= 4 is 11.8 Å². The lowest BCUT2D eigenvalue weighted by Gasteiger charge is -2.01. The second kappa shape index (κ2) is 4.89. The van der Waals surface area contributed by atoms with Crippen LogP contribution in [0.15, 0.2) is 47.6 Å². The molecule has 15 heavy (non-hydrogen) atoms. The van der Waals surface area contributed by atoms with Crippen molar-refractivity contribution in [2.24, 2.45) is 0 Å². The van der Waals surface area contributed by atoms with E-state index in [1.165, 1.54) is 11.1 Å². The first kappa shape index (κ1) is 10.1. The van der Waals surface area contributed by atoms with Crippen molar-refractivity contribution < 1.29 is 5.11 Å². The van der Waals surface area contributed by atoms with E-state index in [2.05, 4.69) is 17.2 Å². The molecule has 2 rings (SSSR count). The van der Waals surface area contributed by atoms with E-state index in [4.69, 9.17) is 5.11 Å². The molecule has 0 aliphatic heterocycles. The zero-order chi connectivity index (χ0) is 10.5. The standard InChI is InChI=1S/C11H12N2OS/c14-10-8-12-13(9-10)6-7-15-11-4-2-1-3-5-11/h1-5,8-9,14H,6-7H2. The summed E-state index contributed by atoms with van der Waals surface area (Å²) in [6, 6.07) is 10.2. The van der Waals surface area contributed by atoms with Gasteiger partial charge in [-0.05, 0) is 12.1 Å². The molecule has 0 saturated carbocycles. The maximum atomic E-state index is 9.08. The first-order valence-electron chi connectivity index (χ1n) is 4.74. The van der Waals surface area contributed by atoms with Crippen molar-refractivity contribution in [3.63, 3.8) is 0 Å². The van der Waals surface area contributed by atoms with Gasteiger partial charge in [0.05, 0.1) is 18.9 Å². The lowest BCUT2D eigenvalue weighted by Crippen LogP contribution is -2.00. The number of hydrogen-bond acceptors (Lipinski definition) is 3. The molecule has 0 aliphatic carbocycles. The summed E-state index contributed by atoms with van der Waals surface area (Å²) in [4.78, 5) is 1.26. The van der Waals surface area contributed by atoms with E-state index < -0.39 is 0 Å². The molecule has 0 fully saturated rings.